The van der Waals surface area contributed by atoms with Crippen molar-refractivity contribution in [2.75, 3.05) is 11.4 Å². The molecule has 23 heavy (non-hydrogen) atoms. The largest absolute Gasteiger partial charge is 0.573 e. The third-order valence-electron chi connectivity index (χ3n) is 3.83. The smallest absolute Gasteiger partial charge is 0.406 e. The number of carbonyl (C=O) groups excluding carboxylic acids is 2. The van der Waals surface area contributed by atoms with E-state index < -0.39 is 12.4 Å². The van der Waals surface area contributed by atoms with E-state index in [-0.39, 0.29) is 23.5 Å². The van der Waals surface area contributed by atoms with E-state index in [4.69, 9.17) is 0 Å². The second-order valence-corrected chi connectivity index (χ2v) is 5.66. The van der Waals surface area contributed by atoms with E-state index in [2.05, 4.69) is 10.1 Å². The van der Waals surface area contributed by atoms with Crippen molar-refractivity contribution in [1.29, 1.82) is 0 Å². The number of anilines is 1. The van der Waals surface area contributed by atoms with Gasteiger partial charge in [0, 0.05) is 24.2 Å². The van der Waals surface area contributed by atoms with Gasteiger partial charge in [0.15, 0.2) is 0 Å². The van der Waals surface area contributed by atoms with E-state index in [1.165, 1.54) is 23.1 Å². The fraction of sp³-hybridized carbons (Fsp3) is 0.467. The van der Waals surface area contributed by atoms with Gasteiger partial charge >= 0.3 is 6.36 Å². The third kappa shape index (κ3) is 3.75. The summed E-state index contributed by atoms with van der Waals surface area (Å²) in [5.41, 5.74) is 0.319. The standard InChI is InChI=1S/C15H15F3N2O3/c16-15(17,18)23-11-3-1-2-10(8-11)20-7-6-12(14(20)22)19-13(21)9-4-5-9/h1-3,8-9,12H,4-7H2,(H,19,21)/t12-/m0/s1. The Kier molecular flexibility index (Phi) is 3.91. The zero-order valence-corrected chi connectivity index (χ0v) is 12.1. The fourth-order valence-corrected chi connectivity index (χ4v) is 2.55. The van der Waals surface area contributed by atoms with Crippen LogP contribution in [0.15, 0.2) is 24.3 Å². The first kappa shape index (κ1) is 15.6. The molecule has 1 heterocycles. The molecule has 1 saturated heterocycles. The predicted octanol–water partition coefficient (Wildman–Crippen LogP) is 2.22. The molecule has 0 aromatic heterocycles. The van der Waals surface area contributed by atoms with Crippen LogP contribution in [0.5, 0.6) is 5.75 Å². The van der Waals surface area contributed by atoms with Crippen LogP contribution in [0.2, 0.25) is 0 Å². The van der Waals surface area contributed by atoms with Gasteiger partial charge in [0.25, 0.3) is 0 Å². The molecule has 0 bridgehead atoms. The van der Waals surface area contributed by atoms with Crippen LogP contribution in [0.4, 0.5) is 18.9 Å². The van der Waals surface area contributed by atoms with Crippen molar-refractivity contribution in [2.45, 2.75) is 31.7 Å². The van der Waals surface area contributed by atoms with Crippen LogP contribution in [-0.4, -0.2) is 30.8 Å². The summed E-state index contributed by atoms with van der Waals surface area (Å²) >= 11 is 0. The summed E-state index contributed by atoms with van der Waals surface area (Å²) in [6, 6.07) is 4.64. The molecule has 8 heteroatoms. The van der Waals surface area contributed by atoms with Crippen molar-refractivity contribution >= 4 is 17.5 Å². The zero-order chi connectivity index (χ0) is 16.6. The van der Waals surface area contributed by atoms with Crippen LogP contribution in [-0.2, 0) is 9.59 Å². The Labute approximate surface area is 130 Å². The molecule has 2 amide bonds. The first-order valence-electron chi connectivity index (χ1n) is 7.31. The molecule has 1 saturated carbocycles. The molecule has 0 spiro atoms. The Morgan fingerprint density at radius 3 is 2.65 bits per heavy atom. The molecular formula is C15H15F3N2O3. The quantitative estimate of drug-likeness (QED) is 0.922. The van der Waals surface area contributed by atoms with Gasteiger partial charge < -0.3 is 15.0 Å². The lowest BCUT2D eigenvalue weighted by Gasteiger charge is -2.18. The average Bonchev–Trinajstić information content (AvgIpc) is 3.24. The molecule has 124 valence electrons. The lowest BCUT2D eigenvalue weighted by Crippen LogP contribution is -2.42. The van der Waals surface area contributed by atoms with Gasteiger partial charge in [-0.05, 0) is 31.4 Å². The van der Waals surface area contributed by atoms with Gasteiger partial charge in [-0.3, -0.25) is 9.59 Å². The topological polar surface area (TPSA) is 58.6 Å². The lowest BCUT2D eigenvalue weighted by molar-refractivity contribution is -0.274. The summed E-state index contributed by atoms with van der Waals surface area (Å²) in [4.78, 5) is 25.4. The number of halogens is 3. The highest BCUT2D eigenvalue weighted by Crippen LogP contribution is 2.31. The average molecular weight is 328 g/mol. The zero-order valence-electron chi connectivity index (χ0n) is 12.1. The SMILES string of the molecule is O=C(N[C@H]1CCN(c2cccc(OC(F)(F)F)c2)C1=O)C1CC1. The summed E-state index contributed by atoms with van der Waals surface area (Å²) in [5.74, 6) is -0.823. The molecule has 0 unspecified atom stereocenters. The Bertz CT molecular complexity index is 629. The highest BCUT2D eigenvalue weighted by Gasteiger charge is 2.38. The molecular weight excluding hydrogens is 313 g/mol. The molecule has 1 aliphatic carbocycles. The molecule has 1 aromatic carbocycles. The molecule has 0 radical (unpaired) electrons. The second kappa shape index (κ2) is 5.75. The molecule has 3 rings (SSSR count). The van der Waals surface area contributed by atoms with Crippen molar-refractivity contribution < 1.29 is 27.5 Å². The van der Waals surface area contributed by atoms with Crippen LogP contribution >= 0.6 is 0 Å². The van der Waals surface area contributed by atoms with E-state index in [0.717, 1.165) is 18.9 Å². The van der Waals surface area contributed by atoms with Gasteiger partial charge in [-0.2, -0.15) is 0 Å². The number of benzene rings is 1. The van der Waals surface area contributed by atoms with Crippen LogP contribution in [0.25, 0.3) is 0 Å². The van der Waals surface area contributed by atoms with Crippen molar-refractivity contribution in [1.82, 2.24) is 5.32 Å². The number of nitrogens with zero attached hydrogens (tertiary/aromatic N) is 1. The summed E-state index contributed by atoms with van der Waals surface area (Å²) in [5, 5.41) is 2.70. The molecule has 2 aliphatic rings. The van der Waals surface area contributed by atoms with Gasteiger partial charge in [-0.25, -0.2) is 0 Å². The highest BCUT2D eigenvalue weighted by atomic mass is 19.4. The number of rotatable bonds is 4. The van der Waals surface area contributed by atoms with E-state index in [0.29, 0.717) is 18.7 Å². The lowest BCUT2D eigenvalue weighted by atomic mass is 10.2. The predicted molar refractivity (Wildman–Crippen MR) is 74.7 cm³/mol. The van der Waals surface area contributed by atoms with Gasteiger partial charge in [-0.15, -0.1) is 13.2 Å². The molecule has 1 N–H and O–H groups in total. The first-order chi connectivity index (χ1) is 10.8. The molecule has 1 aromatic rings. The van der Waals surface area contributed by atoms with E-state index in [1.807, 2.05) is 0 Å². The Balaban J connectivity index is 1.68. The highest BCUT2D eigenvalue weighted by molar-refractivity contribution is 6.01. The Hall–Kier alpha value is -2.25. The molecule has 1 aliphatic heterocycles. The van der Waals surface area contributed by atoms with E-state index in [1.54, 1.807) is 0 Å². The number of nitrogens with one attached hydrogen (secondary N) is 1. The number of ether oxygens (including phenoxy) is 1. The minimum absolute atomic E-state index is 0.000337. The van der Waals surface area contributed by atoms with E-state index >= 15 is 0 Å². The summed E-state index contributed by atoms with van der Waals surface area (Å²) in [6.07, 6.45) is -2.67. The number of alkyl halides is 3. The monoisotopic (exact) mass is 328 g/mol. The van der Waals surface area contributed by atoms with Crippen molar-refractivity contribution in [2.24, 2.45) is 5.92 Å². The van der Waals surface area contributed by atoms with Crippen LogP contribution in [0, 0.1) is 5.92 Å². The minimum Gasteiger partial charge on any atom is -0.406 e. The van der Waals surface area contributed by atoms with Crippen molar-refractivity contribution in [3.8, 4) is 5.75 Å². The molecule has 1 atom stereocenters. The number of hydrogen-bond donors (Lipinski definition) is 1. The first-order valence-corrected chi connectivity index (χ1v) is 7.31. The van der Waals surface area contributed by atoms with Gasteiger partial charge in [0.1, 0.15) is 11.8 Å². The number of amides is 2. The fourth-order valence-electron chi connectivity index (χ4n) is 2.55. The van der Waals surface area contributed by atoms with Gasteiger partial charge in [0.05, 0.1) is 0 Å². The Morgan fingerprint density at radius 1 is 1.26 bits per heavy atom. The van der Waals surface area contributed by atoms with Gasteiger partial charge in [0.2, 0.25) is 11.8 Å². The maximum Gasteiger partial charge on any atom is 0.573 e. The normalized spacial score (nSPS) is 21.4. The third-order valence-corrected chi connectivity index (χ3v) is 3.83. The second-order valence-electron chi connectivity index (χ2n) is 5.66. The molecule has 2 fully saturated rings. The maximum atomic E-state index is 12.3. The van der Waals surface area contributed by atoms with Crippen LogP contribution in [0.1, 0.15) is 19.3 Å². The van der Waals surface area contributed by atoms with Gasteiger partial charge in [-0.1, -0.05) is 6.07 Å². The number of hydrogen-bond acceptors (Lipinski definition) is 3. The summed E-state index contributed by atoms with van der Waals surface area (Å²) in [6.45, 7) is 0.337. The van der Waals surface area contributed by atoms with Crippen molar-refractivity contribution in [3.05, 3.63) is 24.3 Å². The molecule has 5 nitrogen and oxygen atoms in total. The summed E-state index contributed by atoms with van der Waals surface area (Å²) in [7, 11) is 0. The Morgan fingerprint density at radius 2 is 2.00 bits per heavy atom. The minimum atomic E-state index is -4.78. The van der Waals surface area contributed by atoms with E-state index in [9.17, 15) is 22.8 Å². The van der Waals surface area contributed by atoms with Crippen LogP contribution < -0.4 is 15.0 Å². The summed E-state index contributed by atoms with van der Waals surface area (Å²) < 4.78 is 40.7. The van der Waals surface area contributed by atoms with Crippen LogP contribution in [0.3, 0.4) is 0 Å². The van der Waals surface area contributed by atoms with Crippen molar-refractivity contribution in [3.63, 3.8) is 0 Å². The number of carbonyl (C=O) groups is 2. The maximum absolute atomic E-state index is 12.3.